The highest BCUT2D eigenvalue weighted by atomic mass is 35.5. The zero-order valence-electron chi connectivity index (χ0n) is 22.0. The van der Waals surface area contributed by atoms with E-state index >= 15 is 4.39 Å². The topological polar surface area (TPSA) is 86.6 Å². The second-order valence-electron chi connectivity index (χ2n) is 10.9. The molecule has 1 aromatic carbocycles. The van der Waals surface area contributed by atoms with Crippen LogP contribution >= 0.6 is 11.6 Å². The van der Waals surface area contributed by atoms with Crippen LogP contribution in [-0.2, 0) is 6.18 Å². The highest BCUT2D eigenvalue weighted by Crippen LogP contribution is 2.45. The predicted molar refractivity (Wildman–Crippen MR) is 142 cm³/mol. The number of hydrogen-bond donors (Lipinski definition) is 2. The maximum Gasteiger partial charge on any atom is 0.418 e. The molecule has 3 fully saturated rings. The van der Waals surface area contributed by atoms with Crippen LogP contribution in [0.15, 0.2) is 12.1 Å². The van der Waals surface area contributed by atoms with Crippen molar-refractivity contribution in [3.8, 4) is 23.1 Å². The van der Waals surface area contributed by atoms with E-state index in [1.165, 1.54) is 13.0 Å². The average Bonchev–Trinajstić information content (AvgIpc) is 3.44. The second kappa shape index (κ2) is 10.1. The van der Waals surface area contributed by atoms with E-state index in [4.69, 9.17) is 16.3 Å². The number of halogens is 5. The van der Waals surface area contributed by atoms with Gasteiger partial charge in [-0.15, -0.1) is 0 Å². The van der Waals surface area contributed by atoms with E-state index in [9.17, 15) is 18.3 Å². The Bertz CT molecular complexity index is 1460. The first-order valence-corrected chi connectivity index (χ1v) is 13.7. The number of aryl methyl sites for hydroxylation is 1. The van der Waals surface area contributed by atoms with Crippen molar-refractivity contribution < 1.29 is 27.4 Å². The lowest BCUT2D eigenvalue weighted by Crippen LogP contribution is -2.51. The van der Waals surface area contributed by atoms with Crippen molar-refractivity contribution in [1.82, 2.24) is 25.2 Å². The third-order valence-electron chi connectivity index (χ3n) is 8.16. The highest BCUT2D eigenvalue weighted by molar-refractivity contribution is 6.34. The van der Waals surface area contributed by atoms with Gasteiger partial charge in [-0.05, 0) is 57.8 Å². The van der Waals surface area contributed by atoms with Crippen LogP contribution in [0.4, 0.5) is 23.4 Å². The van der Waals surface area contributed by atoms with Gasteiger partial charge in [0.15, 0.2) is 5.82 Å². The Morgan fingerprint density at radius 1 is 1.12 bits per heavy atom. The molecule has 2 unspecified atom stereocenters. The Morgan fingerprint density at radius 3 is 2.50 bits per heavy atom. The number of ether oxygens (including phenoxy) is 1. The van der Waals surface area contributed by atoms with Gasteiger partial charge in [-0.2, -0.15) is 23.1 Å². The molecule has 2 N–H and O–H groups in total. The summed E-state index contributed by atoms with van der Waals surface area (Å²) < 4.78 is 64.6. The predicted octanol–water partition coefficient (Wildman–Crippen LogP) is 4.93. The minimum absolute atomic E-state index is 0.0584. The number of rotatable bonds is 5. The van der Waals surface area contributed by atoms with Gasteiger partial charge in [0.2, 0.25) is 5.88 Å². The first-order valence-electron chi connectivity index (χ1n) is 13.3. The van der Waals surface area contributed by atoms with Gasteiger partial charge in [0.05, 0.1) is 21.8 Å². The SMILES string of the molecule is Cc1cc(O)nc(-c2c(Cl)cc3c(N4CC5CCC(C4)N5)nc(OC[C@@H]4CCCN4C)nc3c2F)c1C(F)(F)F. The molecule has 3 atom stereocenters. The van der Waals surface area contributed by atoms with Crippen LogP contribution in [0.2, 0.25) is 5.02 Å². The molecule has 3 saturated heterocycles. The van der Waals surface area contributed by atoms with Gasteiger partial charge in [-0.25, -0.2) is 9.37 Å². The van der Waals surface area contributed by atoms with Crippen molar-refractivity contribution in [1.29, 1.82) is 0 Å². The van der Waals surface area contributed by atoms with E-state index in [-0.39, 0.29) is 45.6 Å². The van der Waals surface area contributed by atoms with Gasteiger partial charge in [-0.1, -0.05) is 11.6 Å². The lowest BCUT2D eigenvalue weighted by Gasteiger charge is -2.34. The van der Waals surface area contributed by atoms with Crippen LogP contribution < -0.4 is 15.0 Å². The summed E-state index contributed by atoms with van der Waals surface area (Å²) in [6.07, 6.45) is -0.891. The van der Waals surface area contributed by atoms with Crippen molar-refractivity contribution in [2.75, 3.05) is 38.2 Å². The molecule has 3 aliphatic heterocycles. The molecule has 8 nitrogen and oxygen atoms in total. The Hall–Kier alpha value is -2.96. The number of pyridine rings is 1. The first kappa shape index (κ1) is 27.2. The Kier molecular flexibility index (Phi) is 6.90. The van der Waals surface area contributed by atoms with Crippen LogP contribution in [0.1, 0.15) is 36.8 Å². The number of hydrogen-bond acceptors (Lipinski definition) is 8. The van der Waals surface area contributed by atoms with Gasteiger partial charge in [0.1, 0.15) is 17.9 Å². The van der Waals surface area contributed by atoms with Crippen LogP contribution in [0.5, 0.6) is 11.9 Å². The number of aromatic nitrogens is 3. The third kappa shape index (κ3) is 4.90. The van der Waals surface area contributed by atoms with Crippen molar-refractivity contribution in [2.24, 2.45) is 0 Å². The molecule has 6 rings (SSSR count). The molecule has 0 amide bonds. The minimum Gasteiger partial charge on any atom is -0.493 e. The molecular weight excluding hydrogens is 552 g/mol. The number of likely N-dealkylation sites (tertiary alicyclic amines) is 1. The summed E-state index contributed by atoms with van der Waals surface area (Å²) in [5.74, 6) is -1.35. The zero-order chi connectivity index (χ0) is 28.3. The van der Waals surface area contributed by atoms with Crippen LogP contribution in [0.25, 0.3) is 22.2 Å². The summed E-state index contributed by atoms with van der Waals surface area (Å²) in [6, 6.07) is 2.84. The Labute approximate surface area is 233 Å². The number of anilines is 1. The van der Waals surface area contributed by atoms with Crippen molar-refractivity contribution in [3.63, 3.8) is 0 Å². The van der Waals surface area contributed by atoms with Gasteiger partial charge >= 0.3 is 12.2 Å². The number of benzene rings is 1. The average molecular weight is 581 g/mol. The molecule has 40 heavy (non-hydrogen) atoms. The Morgan fingerprint density at radius 2 is 1.85 bits per heavy atom. The maximum absolute atomic E-state index is 16.4. The van der Waals surface area contributed by atoms with E-state index in [1.54, 1.807) is 0 Å². The smallest absolute Gasteiger partial charge is 0.418 e. The van der Waals surface area contributed by atoms with Gasteiger partial charge < -0.3 is 25.0 Å². The lowest BCUT2D eigenvalue weighted by atomic mass is 9.99. The van der Waals surface area contributed by atoms with E-state index < -0.39 is 34.7 Å². The summed E-state index contributed by atoms with van der Waals surface area (Å²) in [5.41, 5.74) is -3.10. The summed E-state index contributed by atoms with van der Waals surface area (Å²) in [7, 11) is 2.00. The molecule has 0 saturated carbocycles. The molecule has 0 aliphatic carbocycles. The number of aromatic hydroxyl groups is 1. The van der Waals surface area contributed by atoms with E-state index in [0.717, 1.165) is 38.3 Å². The third-order valence-corrected chi connectivity index (χ3v) is 8.46. The molecule has 5 heterocycles. The largest absolute Gasteiger partial charge is 0.493 e. The standard InChI is InChI=1S/C27H29ClF4N6O2/c1-13-8-19(39)34-24(21(13)27(30,31)32)20-18(28)9-17-23(22(20)29)35-26(40-12-16-4-3-7-37(16)2)36-25(17)38-10-14-5-6-15(11-38)33-14/h8-9,14-16,33H,3-7,10-12H2,1-2H3,(H,34,39)/t14?,15?,16-/m0/s1. The fourth-order valence-corrected chi connectivity index (χ4v) is 6.49. The van der Waals surface area contributed by atoms with E-state index in [1.807, 2.05) is 11.9 Å². The molecule has 0 spiro atoms. The molecule has 3 aliphatic rings. The number of piperazine rings is 1. The van der Waals surface area contributed by atoms with Crippen LogP contribution in [-0.4, -0.2) is 76.4 Å². The van der Waals surface area contributed by atoms with Gasteiger partial charge in [0, 0.05) is 42.7 Å². The number of nitrogens with zero attached hydrogens (tertiary/aromatic N) is 5. The van der Waals surface area contributed by atoms with E-state index in [0.29, 0.717) is 25.5 Å². The fourth-order valence-electron chi connectivity index (χ4n) is 6.21. The Balaban J connectivity index is 1.52. The summed E-state index contributed by atoms with van der Waals surface area (Å²) in [5, 5.41) is 13.6. The van der Waals surface area contributed by atoms with Crippen molar-refractivity contribution >= 4 is 28.3 Å². The normalized spacial score (nSPS) is 23.4. The zero-order valence-corrected chi connectivity index (χ0v) is 22.8. The van der Waals surface area contributed by atoms with Gasteiger partial charge in [0.25, 0.3) is 0 Å². The summed E-state index contributed by atoms with van der Waals surface area (Å²) in [6.45, 7) is 3.66. The number of nitrogens with one attached hydrogen (secondary N) is 1. The van der Waals surface area contributed by atoms with Crippen molar-refractivity contribution in [2.45, 2.75) is 56.9 Å². The number of fused-ring (bicyclic) bond motifs is 3. The maximum atomic E-state index is 16.4. The van der Waals surface area contributed by atoms with Crippen molar-refractivity contribution in [3.05, 3.63) is 34.1 Å². The first-order chi connectivity index (χ1) is 19.0. The summed E-state index contributed by atoms with van der Waals surface area (Å²) >= 11 is 6.50. The molecule has 2 aromatic heterocycles. The quantitative estimate of drug-likeness (QED) is 0.411. The van der Waals surface area contributed by atoms with Gasteiger partial charge in [-0.3, -0.25) is 0 Å². The minimum atomic E-state index is -4.87. The van der Waals surface area contributed by atoms with Crippen LogP contribution in [0.3, 0.4) is 0 Å². The molecule has 0 radical (unpaired) electrons. The number of alkyl halides is 3. The molecule has 13 heteroatoms. The van der Waals surface area contributed by atoms with Crippen LogP contribution in [0, 0.1) is 12.7 Å². The lowest BCUT2D eigenvalue weighted by molar-refractivity contribution is -0.137. The molecule has 2 bridgehead atoms. The monoisotopic (exact) mass is 580 g/mol. The second-order valence-corrected chi connectivity index (χ2v) is 11.3. The fraction of sp³-hybridized carbons (Fsp3) is 0.519. The number of likely N-dealkylation sites (N-methyl/N-ethyl adjacent to an activating group) is 1. The molecule has 214 valence electrons. The van der Waals surface area contributed by atoms with E-state index in [2.05, 4.69) is 25.2 Å². The summed E-state index contributed by atoms with van der Waals surface area (Å²) in [4.78, 5) is 16.9. The highest BCUT2D eigenvalue weighted by Gasteiger charge is 2.39. The molecular formula is C27H29ClF4N6O2. The molecule has 3 aromatic rings.